The minimum atomic E-state index is -1.66. The van der Waals surface area contributed by atoms with Crippen molar-refractivity contribution < 1.29 is 50.0 Å². The minimum absolute atomic E-state index is 0.267. The molecule has 430 valence electrons. The van der Waals surface area contributed by atoms with Gasteiger partial charge in [-0.05, 0) is 12.8 Å². The fourth-order valence-corrected chi connectivity index (χ4v) is 10.6. The first-order valence-corrected chi connectivity index (χ1v) is 31.4. The number of carbonyl (C=O) groups excluding carboxylic acids is 1. The van der Waals surface area contributed by atoms with Crippen LogP contribution in [-0.2, 0) is 14.3 Å². The molecule has 1 amide bonds. The van der Waals surface area contributed by atoms with Gasteiger partial charge in [0.1, 0.15) is 36.6 Å². The van der Waals surface area contributed by atoms with Gasteiger partial charge in [0.15, 0.2) is 6.29 Å². The van der Waals surface area contributed by atoms with E-state index in [1.54, 1.807) is 0 Å². The van der Waals surface area contributed by atoms with E-state index in [0.717, 1.165) is 38.5 Å². The molecule has 1 aliphatic rings. The molecule has 1 heterocycles. The topological polar surface area (TPSA) is 189 Å². The average molecular weight is 1030 g/mol. The number of unbranched alkanes of at least 4 members (excludes halogenated alkanes) is 43. The Morgan fingerprint density at radius 2 is 0.722 bits per heavy atom. The summed E-state index contributed by atoms with van der Waals surface area (Å²) >= 11 is 0. The Morgan fingerprint density at radius 3 is 1.03 bits per heavy atom. The molecule has 0 aromatic rings. The largest absolute Gasteiger partial charge is 0.394 e. The number of rotatable bonds is 55. The molecule has 1 saturated heterocycles. The first kappa shape index (κ1) is 69.1. The zero-order chi connectivity index (χ0) is 52.5. The van der Waals surface area contributed by atoms with Crippen LogP contribution < -0.4 is 5.32 Å². The molecule has 72 heavy (non-hydrogen) atoms. The van der Waals surface area contributed by atoms with Gasteiger partial charge in [0.2, 0.25) is 5.91 Å². The molecule has 0 aromatic carbocycles. The van der Waals surface area contributed by atoms with Crippen LogP contribution in [0.4, 0.5) is 0 Å². The van der Waals surface area contributed by atoms with Gasteiger partial charge in [0.25, 0.3) is 0 Å². The molecular formula is C61H121NO10. The van der Waals surface area contributed by atoms with Crippen LogP contribution >= 0.6 is 0 Å². The number of hydrogen-bond donors (Lipinski definition) is 8. The van der Waals surface area contributed by atoms with Crippen LogP contribution in [0.2, 0.25) is 0 Å². The quantitative estimate of drug-likeness (QED) is 0.0272. The van der Waals surface area contributed by atoms with Gasteiger partial charge in [0.05, 0.1) is 25.4 Å². The van der Waals surface area contributed by atoms with Crippen molar-refractivity contribution in [1.29, 1.82) is 0 Å². The second kappa shape index (κ2) is 50.9. The predicted molar refractivity (Wildman–Crippen MR) is 298 cm³/mol. The Bertz CT molecular complexity index is 1130. The van der Waals surface area contributed by atoms with E-state index in [9.17, 15) is 40.5 Å². The molecule has 11 nitrogen and oxygen atoms in total. The highest BCUT2D eigenvalue weighted by molar-refractivity contribution is 5.80. The molecular weight excluding hydrogens is 907 g/mol. The van der Waals surface area contributed by atoms with Gasteiger partial charge in [-0.15, -0.1) is 0 Å². The molecule has 9 unspecified atom stereocenters. The average Bonchev–Trinajstić information content (AvgIpc) is 3.38. The van der Waals surface area contributed by atoms with Crippen molar-refractivity contribution in [3.05, 3.63) is 0 Å². The van der Waals surface area contributed by atoms with Crippen LogP contribution in [-0.4, -0.2) is 110 Å². The second-order valence-electron chi connectivity index (χ2n) is 22.5. The molecule has 9 atom stereocenters. The standard InChI is InChI=1S/C61H121NO10/c1-3-5-7-9-11-13-15-17-19-21-23-24-25-26-27-28-29-31-32-34-36-38-40-42-44-46-48-53(64)56(66)52(51-71-61-59(69)58(68)57(67)55(50-63)72-61)62-60(70)54(65)49-47-45-43-41-39-37-35-33-30-22-20-18-16-14-12-10-8-6-4-2/h52-59,61,63-69H,3-51H2,1-2H3,(H,62,70). The summed E-state index contributed by atoms with van der Waals surface area (Å²) in [4.78, 5) is 13.2. The lowest BCUT2D eigenvalue weighted by molar-refractivity contribution is -0.303. The Labute approximate surface area is 443 Å². The minimum Gasteiger partial charge on any atom is -0.394 e. The van der Waals surface area contributed by atoms with Gasteiger partial charge in [-0.25, -0.2) is 0 Å². The van der Waals surface area contributed by atoms with E-state index in [-0.39, 0.29) is 6.42 Å². The third-order valence-corrected chi connectivity index (χ3v) is 15.7. The maximum absolute atomic E-state index is 13.2. The summed E-state index contributed by atoms with van der Waals surface area (Å²) in [5, 5.41) is 76.3. The number of aliphatic hydroxyl groups excluding tert-OH is 7. The summed E-state index contributed by atoms with van der Waals surface area (Å²) in [5.74, 6) is -0.689. The van der Waals surface area contributed by atoms with Crippen LogP contribution in [0.15, 0.2) is 0 Å². The highest BCUT2D eigenvalue weighted by atomic mass is 16.7. The van der Waals surface area contributed by atoms with Crippen LogP contribution in [0.5, 0.6) is 0 Å². The van der Waals surface area contributed by atoms with Gasteiger partial charge in [0, 0.05) is 0 Å². The van der Waals surface area contributed by atoms with E-state index < -0.39 is 74.2 Å². The molecule has 11 heteroatoms. The lowest BCUT2D eigenvalue weighted by Crippen LogP contribution is -2.60. The third kappa shape index (κ3) is 38.6. The Morgan fingerprint density at radius 1 is 0.431 bits per heavy atom. The van der Waals surface area contributed by atoms with E-state index in [1.165, 1.54) is 238 Å². The van der Waals surface area contributed by atoms with Crippen molar-refractivity contribution in [2.45, 2.75) is 371 Å². The summed E-state index contributed by atoms with van der Waals surface area (Å²) < 4.78 is 11.2. The van der Waals surface area contributed by atoms with E-state index >= 15 is 0 Å². The molecule has 1 rings (SSSR count). The highest BCUT2D eigenvalue weighted by Gasteiger charge is 2.44. The van der Waals surface area contributed by atoms with Crippen molar-refractivity contribution in [2.75, 3.05) is 13.2 Å². The molecule has 1 aliphatic heterocycles. The summed E-state index contributed by atoms with van der Waals surface area (Å²) in [6.45, 7) is 3.51. The Hall–Kier alpha value is -0.890. The normalized spacial score (nSPS) is 19.9. The second-order valence-corrected chi connectivity index (χ2v) is 22.5. The smallest absolute Gasteiger partial charge is 0.249 e. The van der Waals surface area contributed by atoms with Crippen molar-refractivity contribution in [2.24, 2.45) is 0 Å². The zero-order valence-corrected chi connectivity index (χ0v) is 47.2. The highest BCUT2D eigenvalue weighted by Crippen LogP contribution is 2.24. The predicted octanol–water partition coefficient (Wildman–Crippen LogP) is 13.7. The first-order chi connectivity index (χ1) is 35.2. The summed E-state index contributed by atoms with van der Waals surface area (Å²) in [7, 11) is 0. The zero-order valence-electron chi connectivity index (χ0n) is 47.2. The molecule has 0 saturated carbocycles. The number of ether oxygens (including phenoxy) is 2. The van der Waals surface area contributed by atoms with Gasteiger partial charge in [-0.3, -0.25) is 4.79 Å². The van der Waals surface area contributed by atoms with Crippen LogP contribution in [0.25, 0.3) is 0 Å². The van der Waals surface area contributed by atoms with Crippen molar-refractivity contribution in [1.82, 2.24) is 5.32 Å². The van der Waals surface area contributed by atoms with E-state index in [1.807, 2.05) is 0 Å². The third-order valence-electron chi connectivity index (χ3n) is 15.7. The fourth-order valence-electron chi connectivity index (χ4n) is 10.6. The maximum Gasteiger partial charge on any atom is 0.249 e. The molecule has 0 radical (unpaired) electrons. The van der Waals surface area contributed by atoms with Crippen molar-refractivity contribution in [3.63, 3.8) is 0 Å². The SMILES string of the molecule is CCCCCCCCCCCCCCCCCCCCCCCCCCCCC(O)C(O)C(COC1OC(CO)C(O)C(O)C1O)NC(=O)C(O)CCCCCCCCCCCCCCCCCCCCC. The van der Waals surface area contributed by atoms with Gasteiger partial charge in [-0.2, -0.15) is 0 Å². The van der Waals surface area contributed by atoms with Crippen LogP contribution in [0, 0.1) is 0 Å². The number of nitrogens with one attached hydrogen (secondary N) is 1. The van der Waals surface area contributed by atoms with Crippen molar-refractivity contribution in [3.8, 4) is 0 Å². The monoisotopic (exact) mass is 1030 g/mol. The maximum atomic E-state index is 13.2. The number of hydrogen-bond acceptors (Lipinski definition) is 10. The first-order valence-electron chi connectivity index (χ1n) is 31.4. The molecule has 8 N–H and O–H groups in total. The lowest BCUT2D eigenvalue weighted by atomic mass is 9.98. The van der Waals surface area contributed by atoms with Gasteiger partial charge in [-0.1, -0.05) is 303 Å². The summed E-state index contributed by atoms with van der Waals surface area (Å²) in [5.41, 5.74) is 0. The fraction of sp³-hybridized carbons (Fsp3) is 0.984. The number of amides is 1. The van der Waals surface area contributed by atoms with Crippen molar-refractivity contribution >= 4 is 5.91 Å². The Kier molecular flexibility index (Phi) is 48.9. The van der Waals surface area contributed by atoms with E-state index in [0.29, 0.717) is 19.3 Å². The molecule has 0 spiro atoms. The van der Waals surface area contributed by atoms with E-state index in [4.69, 9.17) is 9.47 Å². The van der Waals surface area contributed by atoms with Crippen LogP contribution in [0.1, 0.15) is 316 Å². The Balaban J connectivity index is 2.25. The number of aliphatic hydroxyl groups is 7. The molecule has 1 fully saturated rings. The molecule has 0 aliphatic carbocycles. The lowest BCUT2D eigenvalue weighted by Gasteiger charge is -2.40. The van der Waals surface area contributed by atoms with Gasteiger partial charge < -0.3 is 50.5 Å². The van der Waals surface area contributed by atoms with E-state index in [2.05, 4.69) is 19.2 Å². The van der Waals surface area contributed by atoms with Crippen LogP contribution in [0.3, 0.4) is 0 Å². The van der Waals surface area contributed by atoms with Gasteiger partial charge >= 0.3 is 0 Å². The molecule has 0 aromatic heterocycles. The summed E-state index contributed by atoms with van der Waals surface area (Å²) in [6, 6.07) is -1.16. The summed E-state index contributed by atoms with van der Waals surface area (Å²) in [6.07, 6.45) is 47.3. The number of carbonyl (C=O) groups is 1. The molecule has 0 bridgehead atoms.